The molecule has 2 aliphatic heterocycles. The van der Waals surface area contributed by atoms with Gasteiger partial charge in [-0.1, -0.05) is 29.3 Å². The molecule has 1 aromatic rings. The zero-order valence-electron chi connectivity index (χ0n) is 14.5. The molecule has 1 spiro atoms. The van der Waals surface area contributed by atoms with E-state index in [0.29, 0.717) is 36.1 Å². The highest BCUT2D eigenvalue weighted by Crippen LogP contribution is 2.25. The number of carbonyl (C=O) groups excluding carboxylic acids is 2. The van der Waals surface area contributed by atoms with E-state index in [1.807, 2.05) is 19.2 Å². The van der Waals surface area contributed by atoms with Crippen molar-refractivity contribution in [3.8, 4) is 0 Å². The molecule has 0 aliphatic carbocycles. The zero-order valence-corrected chi connectivity index (χ0v) is 16.0. The van der Waals surface area contributed by atoms with Crippen molar-refractivity contribution >= 4 is 35.1 Å². The summed E-state index contributed by atoms with van der Waals surface area (Å²) in [5.74, 6) is -0.0847. The Kier molecular flexibility index (Phi) is 5.25. The monoisotopic (exact) mass is 386 g/mol. The minimum atomic E-state index is -0.694. The SMILES string of the molecule is C[NH+]1CCC2(CC1)NC(=O)N(C[NH+](C)Cc1ccc(Cl)c(Cl)c1)C2=O. The zero-order chi connectivity index (χ0) is 18.2. The summed E-state index contributed by atoms with van der Waals surface area (Å²) in [6, 6.07) is 5.21. The highest BCUT2D eigenvalue weighted by atomic mass is 35.5. The smallest absolute Gasteiger partial charge is 0.329 e. The summed E-state index contributed by atoms with van der Waals surface area (Å²) >= 11 is 12.0. The number of nitrogens with zero attached hydrogens (tertiary/aromatic N) is 1. The first-order valence-corrected chi connectivity index (χ1v) is 9.27. The molecule has 2 fully saturated rings. The molecule has 1 unspecified atom stereocenters. The van der Waals surface area contributed by atoms with Crippen LogP contribution in [0.25, 0.3) is 0 Å². The maximum atomic E-state index is 12.9. The van der Waals surface area contributed by atoms with Crippen molar-refractivity contribution in [2.75, 3.05) is 33.9 Å². The molecule has 3 N–H and O–H groups in total. The molecule has 0 radical (unpaired) electrons. The van der Waals surface area contributed by atoms with Crippen LogP contribution in [0.15, 0.2) is 18.2 Å². The maximum Gasteiger partial charge on any atom is 0.329 e. The second-order valence-electron chi connectivity index (χ2n) is 7.24. The van der Waals surface area contributed by atoms with E-state index in [9.17, 15) is 9.59 Å². The molecule has 0 bridgehead atoms. The Balaban J connectivity index is 1.64. The Morgan fingerprint density at radius 1 is 1.24 bits per heavy atom. The van der Waals surface area contributed by atoms with E-state index in [2.05, 4.69) is 12.4 Å². The molecule has 1 atom stereocenters. The number of halogens is 2. The van der Waals surface area contributed by atoms with E-state index in [4.69, 9.17) is 23.2 Å². The molecular formula is C17H24Cl2N4O2+2. The minimum absolute atomic E-state index is 0.0847. The number of likely N-dealkylation sites (tertiary alicyclic amines) is 1. The van der Waals surface area contributed by atoms with Crippen molar-refractivity contribution in [1.29, 1.82) is 0 Å². The molecule has 2 saturated heterocycles. The van der Waals surface area contributed by atoms with Gasteiger partial charge in [-0.15, -0.1) is 0 Å². The fraction of sp³-hybridized carbons (Fsp3) is 0.529. The van der Waals surface area contributed by atoms with Gasteiger partial charge in [-0.25, -0.2) is 9.69 Å². The molecule has 0 saturated carbocycles. The topological polar surface area (TPSA) is 58.3 Å². The van der Waals surface area contributed by atoms with Crippen molar-refractivity contribution in [2.24, 2.45) is 0 Å². The van der Waals surface area contributed by atoms with E-state index in [-0.39, 0.29) is 11.9 Å². The molecule has 2 heterocycles. The molecule has 3 amide bonds. The Bertz CT molecular complexity index is 689. The number of hydrogen-bond donors (Lipinski definition) is 3. The lowest BCUT2D eigenvalue weighted by atomic mass is 9.88. The third-order valence-electron chi connectivity index (χ3n) is 5.12. The van der Waals surface area contributed by atoms with Gasteiger partial charge in [-0.3, -0.25) is 4.79 Å². The van der Waals surface area contributed by atoms with Crippen LogP contribution in [-0.4, -0.2) is 56.2 Å². The van der Waals surface area contributed by atoms with E-state index in [1.54, 1.807) is 6.07 Å². The van der Waals surface area contributed by atoms with E-state index < -0.39 is 5.54 Å². The molecule has 3 rings (SSSR count). The van der Waals surface area contributed by atoms with Gasteiger partial charge in [0.1, 0.15) is 12.1 Å². The number of urea groups is 1. The van der Waals surface area contributed by atoms with Crippen LogP contribution >= 0.6 is 23.2 Å². The lowest BCUT2D eigenvalue weighted by Crippen LogP contribution is -3.11. The van der Waals surface area contributed by atoms with Crippen LogP contribution in [0.1, 0.15) is 18.4 Å². The van der Waals surface area contributed by atoms with Crippen molar-refractivity contribution in [1.82, 2.24) is 10.2 Å². The second kappa shape index (κ2) is 7.11. The molecule has 136 valence electrons. The quantitative estimate of drug-likeness (QED) is 0.614. The number of quaternary nitrogens is 2. The minimum Gasteiger partial charge on any atom is -0.337 e. The van der Waals surface area contributed by atoms with Crippen LogP contribution < -0.4 is 15.1 Å². The highest BCUT2D eigenvalue weighted by Gasteiger charge is 2.53. The predicted octanol–water partition coefficient (Wildman–Crippen LogP) is -0.435. The summed E-state index contributed by atoms with van der Waals surface area (Å²) in [5.41, 5.74) is 0.317. The maximum absolute atomic E-state index is 12.9. The Morgan fingerprint density at radius 2 is 1.92 bits per heavy atom. The van der Waals surface area contributed by atoms with Crippen LogP contribution in [0.4, 0.5) is 4.79 Å². The molecule has 0 aromatic heterocycles. The number of hydrogen-bond acceptors (Lipinski definition) is 2. The second-order valence-corrected chi connectivity index (χ2v) is 8.06. The molecule has 1 aromatic carbocycles. The van der Waals surface area contributed by atoms with Crippen LogP contribution in [0.3, 0.4) is 0 Å². The number of piperidine rings is 1. The largest absolute Gasteiger partial charge is 0.337 e. The van der Waals surface area contributed by atoms with Crippen LogP contribution in [0.5, 0.6) is 0 Å². The van der Waals surface area contributed by atoms with E-state index in [1.165, 1.54) is 9.80 Å². The first-order chi connectivity index (χ1) is 11.8. The number of amides is 3. The number of carbonyl (C=O) groups is 2. The lowest BCUT2D eigenvalue weighted by molar-refractivity contribution is -0.901. The predicted molar refractivity (Wildman–Crippen MR) is 95.9 cm³/mol. The number of benzene rings is 1. The van der Waals surface area contributed by atoms with Crippen molar-refractivity contribution in [3.63, 3.8) is 0 Å². The highest BCUT2D eigenvalue weighted by molar-refractivity contribution is 6.42. The fourth-order valence-electron chi connectivity index (χ4n) is 3.59. The molecule has 6 nitrogen and oxygen atoms in total. The first-order valence-electron chi connectivity index (χ1n) is 8.51. The van der Waals surface area contributed by atoms with Crippen molar-refractivity contribution < 1.29 is 19.4 Å². The normalized spacial score (nSPS) is 27.7. The number of rotatable bonds is 4. The summed E-state index contributed by atoms with van der Waals surface area (Å²) in [6.45, 7) is 2.76. The van der Waals surface area contributed by atoms with E-state index in [0.717, 1.165) is 23.6 Å². The Hall–Kier alpha value is -1.34. The van der Waals surface area contributed by atoms with Gasteiger partial charge in [0, 0.05) is 18.4 Å². The summed E-state index contributed by atoms with van der Waals surface area (Å²) in [4.78, 5) is 29.0. The van der Waals surface area contributed by atoms with Gasteiger partial charge in [-0.2, -0.15) is 0 Å². The molecule has 25 heavy (non-hydrogen) atoms. The first kappa shape index (κ1) is 18.5. The molecule has 2 aliphatic rings. The average molecular weight is 387 g/mol. The van der Waals surface area contributed by atoms with Gasteiger partial charge >= 0.3 is 6.03 Å². The lowest BCUT2D eigenvalue weighted by Gasteiger charge is -2.33. The van der Waals surface area contributed by atoms with Gasteiger partial charge in [0.05, 0.1) is 37.2 Å². The van der Waals surface area contributed by atoms with Crippen LogP contribution in [0.2, 0.25) is 10.0 Å². The van der Waals surface area contributed by atoms with Gasteiger partial charge in [0.2, 0.25) is 0 Å². The average Bonchev–Trinajstić information content (AvgIpc) is 2.78. The third-order valence-corrected chi connectivity index (χ3v) is 5.86. The van der Waals surface area contributed by atoms with E-state index >= 15 is 0 Å². The number of nitrogens with one attached hydrogen (secondary N) is 3. The molecule has 8 heteroatoms. The summed E-state index contributed by atoms with van der Waals surface area (Å²) in [6.07, 6.45) is 1.40. The van der Waals surface area contributed by atoms with Crippen molar-refractivity contribution in [3.05, 3.63) is 33.8 Å². The summed E-state index contributed by atoms with van der Waals surface area (Å²) < 4.78 is 0. The van der Waals surface area contributed by atoms with Crippen LogP contribution in [0, 0.1) is 0 Å². The van der Waals surface area contributed by atoms with Gasteiger partial charge < -0.3 is 15.1 Å². The fourth-order valence-corrected chi connectivity index (χ4v) is 3.91. The third kappa shape index (κ3) is 3.77. The van der Waals surface area contributed by atoms with Crippen LogP contribution in [-0.2, 0) is 11.3 Å². The standard InChI is InChI=1S/C17H22Cl2N4O2/c1-21-7-5-17(6-8-21)15(24)23(16(25)20-17)11-22(2)10-12-3-4-13(18)14(19)9-12/h3-4,9H,5-8,10-11H2,1-2H3,(H,20,25)/p+2. The summed E-state index contributed by atoms with van der Waals surface area (Å²) in [5, 5.41) is 3.97. The van der Waals surface area contributed by atoms with Gasteiger partial charge in [-0.05, 0) is 12.1 Å². The van der Waals surface area contributed by atoms with Crippen molar-refractivity contribution in [2.45, 2.75) is 24.9 Å². The van der Waals surface area contributed by atoms with Gasteiger partial charge in [0.25, 0.3) is 5.91 Å². The van der Waals surface area contributed by atoms with Gasteiger partial charge in [0.15, 0.2) is 6.67 Å². The number of imide groups is 1. The Morgan fingerprint density at radius 3 is 2.56 bits per heavy atom. The molecular weight excluding hydrogens is 363 g/mol. The summed E-state index contributed by atoms with van der Waals surface area (Å²) in [7, 11) is 4.06. The Labute approximate surface area is 157 Å².